The van der Waals surface area contributed by atoms with Gasteiger partial charge in [-0.3, -0.25) is 9.59 Å². The summed E-state index contributed by atoms with van der Waals surface area (Å²) in [6.45, 7) is 4.71. The Kier molecular flexibility index (Phi) is 6.63. The molecule has 0 atom stereocenters. The number of nitrogens with one attached hydrogen (secondary N) is 2. The van der Waals surface area contributed by atoms with Crippen molar-refractivity contribution < 1.29 is 14.0 Å². The zero-order valence-electron chi connectivity index (χ0n) is 16.1. The van der Waals surface area contributed by atoms with E-state index < -0.39 is 17.6 Å². The van der Waals surface area contributed by atoms with Crippen LogP contribution in [-0.2, 0) is 22.4 Å². The Morgan fingerprint density at radius 3 is 2.75 bits per heavy atom. The van der Waals surface area contributed by atoms with E-state index in [1.807, 2.05) is 0 Å². The fraction of sp³-hybridized carbons (Fsp3) is 0.364. The van der Waals surface area contributed by atoms with E-state index in [4.69, 9.17) is 0 Å². The van der Waals surface area contributed by atoms with Crippen LogP contribution >= 0.6 is 0 Å². The number of benzene rings is 2. The van der Waals surface area contributed by atoms with Crippen molar-refractivity contribution in [1.82, 2.24) is 5.32 Å². The first kappa shape index (κ1) is 19.9. The monoisotopic (exact) mass is 383 g/mol. The molecule has 0 radical (unpaired) electrons. The third-order valence-electron chi connectivity index (χ3n) is 4.88. The predicted octanol–water partition coefficient (Wildman–Crippen LogP) is 3.29. The molecule has 0 bridgehead atoms. The molecule has 0 unspecified atom stereocenters. The molecule has 5 nitrogen and oxygen atoms in total. The maximum Gasteiger partial charge on any atom is 0.313 e. The first-order valence-electron chi connectivity index (χ1n) is 9.79. The molecule has 0 aromatic heterocycles. The first-order chi connectivity index (χ1) is 13.6. The van der Waals surface area contributed by atoms with Crippen molar-refractivity contribution in [1.29, 1.82) is 0 Å². The number of hydrogen-bond donors (Lipinski definition) is 2. The van der Waals surface area contributed by atoms with Crippen molar-refractivity contribution in [2.75, 3.05) is 29.9 Å². The van der Waals surface area contributed by atoms with Gasteiger partial charge in [-0.2, -0.15) is 0 Å². The number of hydrogen-bond acceptors (Lipinski definition) is 3. The van der Waals surface area contributed by atoms with Gasteiger partial charge in [0.05, 0.1) is 5.69 Å². The van der Waals surface area contributed by atoms with Crippen molar-refractivity contribution in [3.63, 3.8) is 0 Å². The third kappa shape index (κ3) is 4.88. The van der Waals surface area contributed by atoms with Crippen LogP contribution in [0.3, 0.4) is 0 Å². The number of anilines is 2. The summed E-state index contributed by atoms with van der Waals surface area (Å²) < 4.78 is 13.6. The van der Waals surface area contributed by atoms with Crippen LogP contribution in [0.25, 0.3) is 0 Å². The summed E-state index contributed by atoms with van der Waals surface area (Å²) in [6, 6.07) is 12.2. The molecule has 2 aromatic rings. The molecule has 1 aliphatic rings. The highest BCUT2D eigenvalue weighted by atomic mass is 19.1. The first-order valence-corrected chi connectivity index (χ1v) is 9.79. The summed E-state index contributed by atoms with van der Waals surface area (Å²) >= 11 is 0. The molecule has 2 amide bonds. The minimum absolute atomic E-state index is 0.00558. The average Bonchev–Trinajstić information content (AvgIpc) is 2.70. The lowest BCUT2D eigenvalue weighted by atomic mass is 9.98. The molecule has 0 saturated carbocycles. The fourth-order valence-corrected chi connectivity index (χ4v) is 3.53. The molecule has 2 aromatic carbocycles. The van der Waals surface area contributed by atoms with Gasteiger partial charge in [-0.15, -0.1) is 0 Å². The highest BCUT2D eigenvalue weighted by Gasteiger charge is 2.17. The lowest BCUT2D eigenvalue weighted by Gasteiger charge is -2.31. The predicted molar refractivity (Wildman–Crippen MR) is 109 cm³/mol. The molecule has 0 aliphatic carbocycles. The normalized spacial score (nSPS) is 13.0. The van der Waals surface area contributed by atoms with Crippen molar-refractivity contribution in [2.24, 2.45) is 0 Å². The fourth-order valence-electron chi connectivity index (χ4n) is 3.53. The highest BCUT2D eigenvalue weighted by Crippen LogP contribution is 2.28. The van der Waals surface area contributed by atoms with Gasteiger partial charge in [0.25, 0.3) is 0 Å². The van der Waals surface area contributed by atoms with E-state index in [0.29, 0.717) is 13.0 Å². The van der Waals surface area contributed by atoms with E-state index in [2.05, 4.69) is 40.7 Å². The summed E-state index contributed by atoms with van der Waals surface area (Å²) in [7, 11) is 0. The van der Waals surface area contributed by atoms with Crippen LogP contribution in [0.1, 0.15) is 30.9 Å². The van der Waals surface area contributed by atoms with Gasteiger partial charge < -0.3 is 15.5 Å². The number of nitrogens with zero attached hydrogens (tertiary/aromatic N) is 1. The van der Waals surface area contributed by atoms with Crippen molar-refractivity contribution in [2.45, 2.75) is 32.6 Å². The SMILES string of the molecule is CCCN1CCCc2cc(CCNC(=O)C(=O)Nc3ccccc3F)ccc21. The molecule has 1 heterocycles. The van der Waals surface area contributed by atoms with Gasteiger partial charge in [-0.25, -0.2) is 4.39 Å². The number of fused-ring (bicyclic) bond motifs is 1. The van der Waals surface area contributed by atoms with Crippen molar-refractivity contribution >= 4 is 23.2 Å². The summed E-state index contributed by atoms with van der Waals surface area (Å²) in [4.78, 5) is 26.3. The Balaban J connectivity index is 1.51. The van der Waals surface area contributed by atoms with Crippen LogP contribution in [0.2, 0.25) is 0 Å². The molecule has 148 valence electrons. The van der Waals surface area contributed by atoms with E-state index in [1.165, 1.54) is 29.4 Å². The quantitative estimate of drug-likeness (QED) is 0.753. The maximum atomic E-state index is 13.6. The Morgan fingerprint density at radius 1 is 1.14 bits per heavy atom. The van der Waals surface area contributed by atoms with Gasteiger partial charge in [0.1, 0.15) is 5.82 Å². The van der Waals surface area contributed by atoms with Gasteiger partial charge in [-0.1, -0.05) is 31.2 Å². The van der Waals surface area contributed by atoms with Gasteiger partial charge in [0, 0.05) is 25.3 Å². The zero-order chi connectivity index (χ0) is 19.9. The van der Waals surface area contributed by atoms with Crippen molar-refractivity contribution in [3.05, 3.63) is 59.4 Å². The Morgan fingerprint density at radius 2 is 1.96 bits per heavy atom. The topological polar surface area (TPSA) is 61.4 Å². The third-order valence-corrected chi connectivity index (χ3v) is 4.88. The number of carbonyl (C=O) groups is 2. The molecule has 0 spiro atoms. The molecule has 6 heteroatoms. The number of aryl methyl sites for hydroxylation is 1. The molecular formula is C22H26FN3O2. The maximum absolute atomic E-state index is 13.6. The van der Waals surface area contributed by atoms with Gasteiger partial charge in [-0.05, 0) is 55.0 Å². The minimum Gasteiger partial charge on any atom is -0.371 e. The number of rotatable bonds is 6. The van der Waals surface area contributed by atoms with Crippen LogP contribution in [0.4, 0.5) is 15.8 Å². The summed E-state index contributed by atoms with van der Waals surface area (Å²) in [5.41, 5.74) is 3.78. The molecule has 3 rings (SSSR count). The summed E-state index contributed by atoms with van der Waals surface area (Å²) in [5, 5.41) is 4.88. The summed E-state index contributed by atoms with van der Waals surface area (Å²) in [6.07, 6.45) is 3.99. The highest BCUT2D eigenvalue weighted by molar-refractivity contribution is 6.39. The standard InChI is InChI=1S/C22H26FN3O2/c1-2-13-26-14-5-6-17-15-16(9-10-20(17)26)11-12-24-21(27)22(28)25-19-8-4-3-7-18(19)23/h3-4,7-10,15H,2,5-6,11-14H2,1H3,(H,24,27)(H,25,28). The largest absolute Gasteiger partial charge is 0.371 e. The number of para-hydroxylation sites is 1. The number of amides is 2. The lowest BCUT2D eigenvalue weighted by molar-refractivity contribution is -0.136. The number of carbonyl (C=O) groups excluding carboxylic acids is 2. The minimum atomic E-state index is -0.870. The van der Waals surface area contributed by atoms with Crippen LogP contribution in [0, 0.1) is 5.82 Å². The summed E-state index contributed by atoms with van der Waals surface area (Å²) in [5.74, 6) is -2.21. The Bertz CT molecular complexity index is 853. The molecule has 0 fully saturated rings. The van der Waals surface area contributed by atoms with Crippen molar-refractivity contribution in [3.8, 4) is 0 Å². The zero-order valence-corrected chi connectivity index (χ0v) is 16.1. The second kappa shape index (κ2) is 9.35. The van der Waals surface area contributed by atoms with Gasteiger partial charge in [0.15, 0.2) is 0 Å². The van der Waals surface area contributed by atoms with E-state index in [0.717, 1.165) is 37.9 Å². The van der Waals surface area contributed by atoms with E-state index in [9.17, 15) is 14.0 Å². The molecule has 2 N–H and O–H groups in total. The molecule has 0 saturated heterocycles. The Hall–Kier alpha value is -2.89. The van der Waals surface area contributed by atoms with E-state index >= 15 is 0 Å². The lowest BCUT2D eigenvalue weighted by Crippen LogP contribution is -2.36. The van der Waals surface area contributed by atoms with E-state index in [1.54, 1.807) is 6.07 Å². The van der Waals surface area contributed by atoms with E-state index in [-0.39, 0.29) is 5.69 Å². The smallest absolute Gasteiger partial charge is 0.313 e. The van der Waals surface area contributed by atoms with Gasteiger partial charge in [0.2, 0.25) is 0 Å². The Labute approximate surface area is 164 Å². The van der Waals surface area contributed by atoms with Crippen LogP contribution in [0.5, 0.6) is 0 Å². The second-order valence-electron chi connectivity index (χ2n) is 6.99. The van der Waals surface area contributed by atoms with Gasteiger partial charge >= 0.3 is 11.8 Å². The van der Waals surface area contributed by atoms with Crippen LogP contribution < -0.4 is 15.5 Å². The molecular weight excluding hydrogens is 357 g/mol. The molecule has 1 aliphatic heterocycles. The van der Waals surface area contributed by atoms with Crippen LogP contribution in [0.15, 0.2) is 42.5 Å². The number of halogens is 1. The molecule has 28 heavy (non-hydrogen) atoms. The van der Waals surface area contributed by atoms with Crippen LogP contribution in [-0.4, -0.2) is 31.4 Å². The average molecular weight is 383 g/mol. The second-order valence-corrected chi connectivity index (χ2v) is 6.99.